The number of rotatable bonds is 4. The van der Waals surface area contributed by atoms with Gasteiger partial charge in [-0.25, -0.2) is 4.79 Å². The molecular weight excluding hydrogens is 216 g/mol. The van der Waals surface area contributed by atoms with Crippen LogP contribution in [0.3, 0.4) is 0 Å². The number of benzene rings is 1. The maximum absolute atomic E-state index is 11.4. The first-order chi connectivity index (χ1) is 7.89. The van der Waals surface area contributed by atoms with E-state index in [0.717, 1.165) is 17.5 Å². The van der Waals surface area contributed by atoms with Gasteiger partial charge in [-0.05, 0) is 36.0 Å². The molecule has 1 N–H and O–H groups in total. The highest BCUT2D eigenvalue weighted by atomic mass is 16.5. The van der Waals surface area contributed by atoms with E-state index >= 15 is 0 Å². The highest BCUT2D eigenvalue weighted by molar-refractivity contribution is 5.90. The number of ether oxygens (including phenoxy) is 1. The normalized spacial score (nSPS) is 11.4. The van der Waals surface area contributed by atoms with Crippen molar-refractivity contribution in [3.63, 3.8) is 0 Å². The lowest BCUT2D eigenvalue weighted by molar-refractivity contribution is 0.0600. The average molecular weight is 236 g/mol. The van der Waals surface area contributed by atoms with E-state index in [9.17, 15) is 9.90 Å². The van der Waals surface area contributed by atoms with Crippen molar-refractivity contribution in [3.8, 4) is 0 Å². The van der Waals surface area contributed by atoms with Crippen LogP contribution in [0.5, 0.6) is 0 Å². The molecule has 0 aliphatic rings. The fourth-order valence-electron chi connectivity index (χ4n) is 1.78. The molecule has 0 unspecified atom stereocenters. The number of esters is 1. The monoisotopic (exact) mass is 236 g/mol. The number of aryl methyl sites for hydroxylation is 1. The second-order valence-corrected chi connectivity index (χ2v) is 5.14. The van der Waals surface area contributed by atoms with Crippen molar-refractivity contribution >= 4 is 5.97 Å². The molecule has 0 spiro atoms. The highest BCUT2D eigenvalue weighted by Crippen LogP contribution is 2.22. The van der Waals surface area contributed by atoms with E-state index in [4.69, 9.17) is 4.74 Å². The molecule has 0 heterocycles. The lowest BCUT2D eigenvalue weighted by Crippen LogP contribution is -2.20. The van der Waals surface area contributed by atoms with E-state index in [-0.39, 0.29) is 18.0 Å². The maximum atomic E-state index is 11.4. The van der Waals surface area contributed by atoms with Gasteiger partial charge in [0.15, 0.2) is 0 Å². The van der Waals surface area contributed by atoms with E-state index in [1.807, 2.05) is 32.9 Å². The minimum Gasteiger partial charge on any atom is -0.465 e. The highest BCUT2D eigenvalue weighted by Gasteiger charge is 2.18. The summed E-state index contributed by atoms with van der Waals surface area (Å²) >= 11 is 0. The molecule has 0 fully saturated rings. The van der Waals surface area contributed by atoms with Crippen LogP contribution in [-0.2, 0) is 11.2 Å². The molecule has 3 nitrogen and oxygen atoms in total. The molecule has 1 aromatic carbocycles. The van der Waals surface area contributed by atoms with Crippen LogP contribution in [0.4, 0.5) is 0 Å². The summed E-state index contributed by atoms with van der Waals surface area (Å²) < 4.78 is 4.70. The summed E-state index contributed by atoms with van der Waals surface area (Å²) in [6.07, 6.45) is 0.784. The Morgan fingerprint density at radius 1 is 1.41 bits per heavy atom. The molecule has 0 saturated carbocycles. The van der Waals surface area contributed by atoms with Gasteiger partial charge < -0.3 is 9.84 Å². The first-order valence-electron chi connectivity index (χ1n) is 5.68. The minimum atomic E-state index is -0.310. The number of hydrogen-bond donors (Lipinski definition) is 1. The molecule has 0 atom stereocenters. The molecule has 94 valence electrons. The van der Waals surface area contributed by atoms with Gasteiger partial charge in [0, 0.05) is 6.61 Å². The van der Waals surface area contributed by atoms with Crippen LogP contribution in [0, 0.1) is 12.3 Å². The van der Waals surface area contributed by atoms with Gasteiger partial charge in [0.25, 0.3) is 0 Å². The number of carbonyl (C=O) groups excluding carboxylic acids is 1. The molecule has 1 aromatic rings. The Hall–Kier alpha value is -1.35. The summed E-state index contributed by atoms with van der Waals surface area (Å²) in [6.45, 7) is 6.06. The van der Waals surface area contributed by atoms with Gasteiger partial charge in [-0.2, -0.15) is 0 Å². The lowest BCUT2D eigenvalue weighted by atomic mass is 9.86. The number of aliphatic hydroxyl groups excluding tert-OH is 1. The van der Waals surface area contributed by atoms with Gasteiger partial charge in [-0.3, -0.25) is 0 Å². The average Bonchev–Trinajstić information content (AvgIpc) is 2.28. The molecule has 0 aliphatic heterocycles. The van der Waals surface area contributed by atoms with Crippen molar-refractivity contribution in [1.82, 2.24) is 0 Å². The Balaban J connectivity index is 2.93. The maximum Gasteiger partial charge on any atom is 0.338 e. The van der Waals surface area contributed by atoms with Crippen molar-refractivity contribution in [2.75, 3.05) is 13.7 Å². The quantitative estimate of drug-likeness (QED) is 0.816. The third-order valence-corrected chi connectivity index (χ3v) is 2.81. The van der Waals surface area contributed by atoms with E-state index in [1.54, 1.807) is 6.07 Å². The van der Waals surface area contributed by atoms with Crippen molar-refractivity contribution in [3.05, 3.63) is 34.9 Å². The predicted octanol–water partition coefficient (Wildman–Crippen LogP) is 2.34. The zero-order chi connectivity index (χ0) is 13.1. The lowest BCUT2D eigenvalue weighted by Gasteiger charge is -2.21. The summed E-state index contributed by atoms with van der Waals surface area (Å²) in [5.41, 5.74) is 2.48. The fraction of sp³-hybridized carbons (Fsp3) is 0.500. The zero-order valence-corrected chi connectivity index (χ0v) is 10.9. The Morgan fingerprint density at radius 2 is 2.06 bits per heavy atom. The molecule has 0 saturated heterocycles. The number of methoxy groups -OCH3 is 1. The van der Waals surface area contributed by atoms with Gasteiger partial charge in [0.1, 0.15) is 0 Å². The van der Waals surface area contributed by atoms with Crippen molar-refractivity contribution in [1.29, 1.82) is 0 Å². The van der Waals surface area contributed by atoms with Crippen molar-refractivity contribution < 1.29 is 14.6 Å². The van der Waals surface area contributed by atoms with E-state index in [2.05, 4.69) is 0 Å². The molecule has 0 amide bonds. The fourth-order valence-corrected chi connectivity index (χ4v) is 1.78. The molecule has 0 bridgehead atoms. The Bertz CT molecular complexity index is 408. The van der Waals surface area contributed by atoms with Crippen molar-refractivity contribution in [2.24, 2.45) is 5.41 Å². The Morgan fingerprint density at radius 3 is 2.53 bits per heavy atom. The van der Waals surface area contributed by atoms with Crippen LogP contribution in [-0.4, -0.2) is 24.8 Å². The van der Waals surface area contributed by atoms with E-state index in [1.165, 1.54) is 7.11 Å². The van der Waals surface area contributed by atoms with Crippen molar-refractivity contribution in [2.45, 2.75) is 27.2 Å². The van der Waals surface area contributed by atoms with Gasteiger partial charge >= 0.3 is 5.97 Å². The second-order valence-electron chi connectivity index (χ2n) is 5.14. The smallest absolute Gasteiger partial charge is 0.338 e. The summed E-state index contributed by atoms with van der Waals surface area (Å²) in [6, 6.07) is 5.67. The van der Waals surface area contributed by atoms with Crippen LogP contribution >= 0.6 is 0 Å². The summed E-state index contributed by atoms with van der Waals surface area (Å²) in [4.78, 5) is 11.4. The molecule has 0 aromatic heterocycles. The SMILES string of the molecule is COC(=O)c1ccc(CC(C)(C)CO)cc1C. The van der Waals surface area contributed by atoms with Gasteiger partial charge in [-0.1, -0.05) is 26.0 Å². The molecule has 0 aliphatic carbocycles. The number of aliphatic hydroxyl groups is 1. The third-order valence-electron chi connectivity index (χ3n) is 2.81. The molecule has 3 heteroatoms. The Kier molecular flexibility index (Phi) is 4.29. The van der Waals surface area contributed by atoms with Gasteiger partial charge in [-0.15, -0.1) is 0 Å². The summed E-state index contributed by atoms with van der Waals surface area (Å²) in [5, 5.41) is 9.23. The van der Waals surface area contributed by atoms with E-state index in [0.29, 0.717) is 5.56 Å². The predicted molar refractivity (Wildman–Crippen MR) is 67.1 cm³/mol. The topological polar surface area (TPSA) is 46.5 Å². The molecule has 1 rings (SSSR count). The van der Waals surface area contributed by atoms with Gasteiger partial charge in [0.05, 0.1) is 12.7 Å². The third kappa shape index (κ3) is 3.56. The number of hydrogen-bond acceptors (Lipinski definition) is 3. The summed E-state index contributed by atoms with van der Waals surface area (Å²) in [7, 11) is 1.38. The van der Waals surface area contributed by atoms with Crippen LogP contribution < -0.4 is 0 Å². The minimum absolute atomic E-state index is 0.140. The zero-order valence-electron chi connectivity index (χ0n) is 10.9. The van der Waals surface area contributed by atoms with Crippen LogP contribution in [0.1, 0.15) is 35.3 Å². The van der Waals surface area contributed by atoms with Crippen LogP contribution in [0.25, 0.3) is 0 Å². The standard InChI is InChI=1S/C14H20O3/c1-10-7-11(8-14(2,3)9-15)5-6-12(10)13(16)17-4/h5-7,15H,8-9H2,1-4H3. The number of carbonyl (C=O) groups is 1. The molecular formula is C14H20O3. The largest absolute Gasteiger partial charge is 0.465 e. The molecule has 17 heavy (non-hydrogen) atoms. The first kappa shape index (κ1) is 13.7. The van der Waals surface area contributed by atoms with Crippen LogP contribution in [0.2, 0.25) is 0 Å². The van der Waals surface area contributed by atoms with Gasteiger partial charge in [0.2, 0.25) is 0 Å². The molecule has 0 radical (unpaired) electrons. The first-order valence-corrected chi connectivity index (χ1v) is 5.68. The second kappa shape index (κ2) is 5.32. The van der Waals surface area contributed by atoms with Crippen LogP contribution in [0.15, 0.2) is 18.2 Å². The summed E-state index contributed by atoms with van der Waals surface area (Å²) in [5.74, 6) is -0.310. The van der Waals surface area contributed by atoms with E-state index < -0.39 is 0 Å². The Labute approximate surface area is 102 Å².